The lowest BCUT2D eigenvalue weighted by Crippen LogP contribution is -2.44. The Bertz CT molecular complexity index is 1370. The molecular formula is C24H30N6O4. The van der Waals surface area contributed by atoms with Crippen LogP contribution in [-0.4, -0.2) is 52.0 Å². The molecule has 0 amide bonds. The van der Waals surface area contributed by atoms with Gasteiger partial charge in [-0.3, -0.25) is 18.5 Å². The van der Waals surface area contributed by atoms with Gasteiger partial charge < -0.3 is 20.1 Å². The Hall–Kier alpha value is -3.71. The summed E-state index contributed by atoms with van der Waals surface area (Å²) in [6.07, 6.45) is 1.88. The molecule has 10 nitrogen and oxygen atoms in total. The van der Waals surface area contributed by atoms with Gasteiger partial charge in [-0.05, 0) is 37.5 Å². The number of hydrogen-bond donors (Lipinski definition) is 1. The van der Waals surface area contributed by atoms with Crippen molar-refractivity contribution in [2.75, 3.05) is 32.2 Å². The summed E-state index contributed by atoms with van der Waals surface area (Å²) in [5, 5.41) is 0. The molecule has 34 heavy (non-hydrogen) atoms. The average molecular weight is 467 g/mol. The van der Waals surface area contributed by atoms with Crippen LogP contribution in [0.1, 0.15) is 25.3 Å². The van der Waals surface area contributed by atoms with Crippen molar-refractivity contribution in [1.82, 2.24) is 18.7 Å². The van der Waals surface area contributed by atoms with Crippen molar-refractivity contribution in [3.8, 4) is 23.3 Å². The van der Waals surface area contributed by atoms with E-state index in [0.717, 1.165) is 19.4 Å². The van der Waals surface area contributed by atoms with Crippen molar-refractivity contribution in [3.63, 3.8) is 0 Å². The van der Waals surface area contributed by atoms with Crippen LogP contribution in [0.4, 0.5) is 5.95 Å². The lowest BCUT2D eigenvalue weighted by atomic mass is 10.1. The molecule has 1 saturated heterocycles. The van der Waals surface area contributed by atoms with Crippen LogP contribution in [0.3, 0.4) is 0 Å². The molecule has 4 rings (SSSR count). The standard InChI is InChI=1S/C24H30N6O4/c1-5-6-10-29-20-21(26-23(29)28-9-7-8-17(25)15-28)27(2)24(32)30(22(20)31)14-16-11-18(33-3)13-19(12-16)34-4/h11-13,17H,7-10,14-15,25H2,1-4H3. The number of fused-ring (bicyclic) bond motifs is 1. The third-order valence-corrected chi connectivity index (χ3v) is 6.12. The zero-order valence-electron chi connectivity index (χ0n) is 20.0. The predicted molar refractivity (Wildman–Crippen MR) is 131 cm³/mol. The van der Waals surface area contributed by atoms with Crippen LogP contribution in [-0.2, 0) is 20.1 Å². The number of ether oxygens (including phenoxy) is 2. The first-order chi connectivity index (χ1) is 16.4. The fraction of sp³-hybridized carbons (Fsp3) is 0.458. The number of piperidine rings is 1. The lowest BCUT2D eigenvalue weighted by Gasteiger charge is -2.31. The third-order valence-electron chi connectivity index (χ3n) is 6.12. The minimum Gasteiger partial charge on any atom is -0.497 e. The van der Waals surface area contributed by atoms with Gasteiger partial charge in [0.05, 0.1) is 27.3 Å². The highest BCUT2D eigenvalue weighted by molar-refractivity contribution is 5.75. The van der Waals surface area contributed by atoms with E-state index in [1.807, 2.05) is 0 Å². The molecule has 1 atom stereocenters. The Kier molecular flexibility index (Phi) is 6.65. The summed E-state index contributed by atoms with van der Waals surface area (Å²) >= 11 is 0. The van der Waals surface area contributed by atoms with Gasteiger partial charge >= 0.3 is 5.69 Å². The van der Waals surface area contributed by atoms with E-state index in [2.05, 4.69) is 16.7 Å². The van der Waals surface area contributed by atoms with Crippen molar-refractivity contribution in [1.29, 1.82) is 0 Å². The van der Waals surface area contributed by atoms with Crippen LogP contribution in [0.2, 0.25) is 0 Å². The fourth-order valence-electron chi connectivity index (χ4n) is 4.38. The van der Waals surface area contributed by atoms with Gasteiger partial charge in [-0.15, -0.1) is 5.92 Å². The number of anilines is 1. The number of aryl methyl sites for hydroxylation is 1. The van der Waals surface area contributed by atoms with Crippen LogP contribution in [0.5, 0.6) is 11.5 Å². The quantitative estimate of drug-likeness (QED) is 0.538. The van der Waals surface area contributed by atoms with Crippen molar-refractivity contribution < 1.29 is 9.47 Å². The lowest BCUT2D eigenvalue weighted by molar-refractivity contribution is 0.393. The first-order valence-corrected chi connectivity index (χ1v) is 11.2. The van der Waals surface area contributed by atoms with E-state index < -0.39 is 11.2 Å². The van der Waals surface area contributed by atoms with Crippen LogP contribution in [0.25, 0.3) is 11.2 Å². The van der Waals surface area contributed by atoms with Gasteiger partial charge in [0.2, 0.25) is 5.95 Å². The summed E-state index contributed by atoms with van der Waals surface area (Å²) < 4.78 is 15.1. The molecule has 0 radical (unpaired) electrons. The molecule has 2 aromatic heterocycles. The molecule has 0 saturated carbocycles. The van der Waals surface area contributed by atoms with Gasteiger partial charge in [0.1, 0.15) is 11.5 Å². The summed E-state index contributed by atoms with van der Waals surface area (Å²) in [6.45, 7) is 3.51. The molecule has 3 aromatic rings. The molecule has 0 aliphatic carbocycles. The Morgan fingerprint density at radius 1 is 1.15 bits per heavy atom. The van der Waals surface area contributed by atoms with E-state index in [-0.39, 0.29) is 19.1 Å². The number of methoxy groups -OCH3 is 2. The minimum atomic E-state index is -0.451. The van der Waals surface area contributed by atoms with Crippen LogP contribution < -0.4 is 31.4 Å². The zero-order chi connectivity index (χ0) is 24.4. The minimum absolute atomic E-state index is 0.0304. The summed E-state index contributed by atoms with van der Waals surface area (Å²) in [6, 6.07) is 5.32. The summed E-state index contributed by atoms with van der Waals surface area (Å²) in [4.78, 5) is 33.7. The van der Waals surface area contributed by atoms with Crippen LogP contribution in [0, 0.1) is 11.8 Å². The van der Waals surface area contributed by atoms with Crippen LogP contribution >= 0.6 is 0 Å². The monoisotopic (exact) mass is 466 g/mol. The number of imidazole rings is 1. The molecule has 180 valence electrons. The molecule has 1 aliphatic rings. The molecule has 2 N–H and O–H groups in total. The van der Waals surface area contributed by atoms with E-state index >= 15 is 0 Å². The topological polar surface area (TPSA) is 110 Å². The Balaban J connectivity index is 1.91. The van der Waals surface area contributed by atoms with Crippen molar-refractivity contribution in [3.05, 3.63) is 44.6 Å². The SMILES string of the molecule is CC#CCn1c(N2CCCC(N)C2)nc2c1c(=O)n(Cc1cc(OC)cc(OC)c1)c(=O)n2C. The number of aromatic nitrogens is 4. The number of rotatable bonds is 6. The van der Waals surface area contributed by atoms with Crippen molar-refractivity contribution in [2.24, 2.45) is 12.8 Å². The molecule has 10 heteroatoms. The van der Waals surface area contributed by atoms with E-state index in [0.29, 0.717) is 40.7 Å². The maximum Gasteiger partial charge on any atom is 0.332 e. The highest BCUT2D eigenvalue weighted by atomic mass is 16.5. The third kappa shape index (κ3) is 4.26. The zero-order valence-corrected chi connectivity index (χ0v) is 20.0. The highest BCUT2D eigenvalue weighted by Gasteiger charge is 2.26. The van der Waals surface area contributed by atoms with E-state index in [1.165, 1.54) is 9.13 Å². The van der Waals surface area contributed by atoms with E-state index in [9.17, 15) is 9.59 Å². The molecule has 0 spiro atoms. The summed E-state index contributed by atoms with van der Waals surface area (Å²) in [5.74, 6) is 7.69. The average Bonchev–Trinajstić information content (AvgIpc) is 3.23. The maximum atomic E-state index is 13.7. The van der Waals surface area contributed by atoms with E-state index in [4.69, 9.17) is 20.2 Å². The fourth-order valence-corrected chi connectivity index (χ4v) is 4.38. The number of hydrogen-bond acceptors (Lipinski definition) is 7. The molecule has 1 aromatic carbocycles. The normalized spacial score (nSPS) is 15.8. The molecule has 1 fully saturated rings. The van der Waals surface area contributed by atoms with Gasteiger partial charge in [-0.1, -0.05) is 5.92 Å². The van der Waals surface area contributed by atoms with Gasteiger partial charge in [0.25, 0.3) is 5.56 Å². The van der Waals surface area contributed by atoms with Gasteiger partial charge in [-0.2, -0.15) is 4.98 Å². The Labute approximate surface area is 197 Å². The number of benzene rings is 1. The van der Waals surface area contributed by atoms with Gasteiger partial charge in [0.15, 0.2) is 11.2 Å². The summed E-state index contributed by atoms with van der Waals surface area (Å²) in [5.41, 5.74) is 6.71. The summed E-state index contributed by atoms with van der Waals surface area (Å²) in [7, 11) is 4.73. The first-order valence-electron chi connectivity index (χ1n) is 11.2. The second kappa shape index (κ2) is 9.65. The first kappa shape index (κ1) is 23.4. The largest absolute Gasteiger partial charge is 0.497 e. The second-order valence-electron chi connectivity index (χ2n) is 8.40. The molecule has 3 heterocycles. The molecule has 1 unspecified atom stereocenters. The highest BCUT2D eigenvalue weighted by Crippen LogP contribution is 2.24. The van der Waals surface area contributed by atoms with Gasteiger partial charge in [-0.25, -0.2) is 4.79 Å². The number of nitrogens with two attached hydrogens (primary N) is 1. The Morgan fingerprint density at radius 3 is 2.47 bits per heavy atom. The predicted octanol–water partition coefficient (Wildman–Crippen LogP) is 0.913. The maximum absolute atomic E-state index is 13.7. The molecular weight excluding hydrogens is 436 g/mol. The van der Waals surface area contributed by atoms with Crippen molar-refractivity contribution >= 4 is 17.1 Å². The number of nitrogens with zero attached hydrogens (tertiary/aromatic N) is 5. The second-order valence-corrected chi connectivity index (χ2v) is 8.40. The Morgan fingerprint density at radius 2 is 1.85 bits per heavy atom. The smallest absolute Gasteiger partial charge is 0.332 e. The van der Waals surface area contributed by atoms with Crippen molar-refractivity contribution in [2.45, 2.75) is 38.9 Å². The molecule has 1 aliphatic heterocycles. The molecule has 0 bridgehead atoms. The van der Waals surface area contributed by atoms with Gasteiger partial charge in [0, 0.05) is 32.2 Å². The van der Waals surface area contributed by atoms with Crippen LogP contribution in [0.15, 0.2) is 27.8 Å². The van der Waals surface area contributed by atoms with E-state index in [1.54, 1.807) is 51.0 Å².